The van der Waals surface area contributed by atoms with Crippen molar-refractivity contribution in [3.63, 3.8) is 0 Å². The summed E-state index contributed by atoms with van der Waals surface area (Å²) in [7, 11) is 0. The number of nitrogens with two attached hydrogens (primary N) is 1. The number of nitrogens with zero attached hydrogens (tertiary/aromatic N) is 2. The zero-order chi connectivity index (χ0) is 15.4. The molecule has 1 saturated carbocycles. The number of carbonyl (C=O) groups is 1. The predicted molar refractivity (Wildman–Crippen MR) is 86.4 cm³/mol. The van der Waals surface area contributed by atoms with Gasteiger partial charge in [0.2, 0.25) is 0 Å². The van der Waals surface area contributed by atoms with E-state index in [4.69, 9.17) is 17.3 Å². The van der Waals surface area contributed by atoms with Crippen molar-refractivity contribution in [3.8, 4) is 0 Å². The molecule has 0 radical (unpaired) electrons. The van der Waals surface area contributed by atoms with E-state index in [2.05, 4.69) is 18.8 Å². The molecule has 21 heavy (non-hydrogen) atoms. The van der Waals surface area contributed by atoms with Crippen molar-refractivity contribution in [2.24, 2.45) is 5.92 Å². The quantitative estimate of drug-likeness (QED) is 0.843. The maximum Gasteiger partial charge on any atom is 0.256 e. The minimum Gasteiger partial charge on any atom is -0.397 e. The lowest BCUT2D eigenvalue weighted by Crippen LogP contribution is -2.40. The maximum atomic E-state index is 12.9. The van der Waals surface area contributed by atoms with Crippen LogP contribution in [-0.2, 0) is 0 Å². The van der Waals surface area contributed by atoms with E-state index in [1.807, 2.05) is 4.90 Å². The van der Waals surface area contributed by atoms with Gasteiger partial charge in [0.15, 0.2) is 0 Å². The van der Waals surface area contributed by atoms with Crippen molar-refractivity contribution in [2.45, 2.75) is 52.0 Å². The molecular formula is C16H24ClN3O. The van der Waals surface area contributed by atoms with Crippen LogP contribution in [0.4, 0.5) is 5.69 Å². The maximum absolute atomic E-state index is 12.9. The monoisotopic (exact) mass is 309 g/mol. The number of hydrogen-bond acceptors (Lipinski definition) is 3. The molecule has 1 aliphatic carbocycles. The molecule has 0 bridgehead atoms. The Balaban J connectivity index is 2.21. The summed E-state index contributed by atoms with van der Waals surface area (Å²) in [6.45, 7) is 5.13. The molecule has 1 aromatic rings. The highest BCUT2D eigenvalue weighted by Gasteiger charge is 2.28. The van der Waals surface area contributed by atoms with E-state index >= 15 is 0 Å². The first kappa shape index (κ1) is 16.1. The second kappa shape index (κ2) is 7.12. The van der Waals surface area contributed by atoms with Gasteiger partial charge < -0.3 is 10.6 Å². The first-order valence-electron chi connectivity index (χ1n) is 7.71. The zero-order valence-electron chi connectivity index (χ0n) is 12.8. The Morgan fingerprint density at radius 2 is 2.14 bits per heavy atom. The molecule has 1 amide bonds. The summed E-state index contributed by atoms with van der Waals surface area (Å²) in [5.74, 6) is 0.560. The normalized spacial score (nSPS) is 15.6. The van der Waals surface area contributed by atoms with Crippen LogP contribution in [0.15, 0.2) is 12.3 Å². The number of aromatic nitrogens is 1. The molecular weight excluding hydrogens is 286 g/mol. The standard InChI is InChI=1S/C16H24ClN3O/c1-11(2)7-8-20(12-5-3-4-6-12)16(21)13-9-15(17)19-10-14(13)18/h9-12H,3-8,18H2,1-2H3. The summed E-state index contributed by atoms with van der Waals surface area (Å²) < 4.78 is 0. The van der Waals surface area contributed by atoms with E-state index in [0.29, 0.717) is 28.4 Å². The molecule has 0 aromatic carbocycles. The number of amides is 1. The van der Waals surface area contributed by atoms with Crippen molar-refractivity contribution in [2.75, 3.05) is 12.3 Å². The van der Waals surface area contributed by atoms with Crippen LogP contribution >= 0.6 is 11.6 Å². The van der Waals surface area contributed by atoms with Gasteiger partial charge >= 0.3 is 0 Å². The first-order valence-corrected chi connectivity index (χ1v) is 8.09. The van der Waals surface area contributed by atoms with E-state index in [-0.39, 0.29) is 5.91 Å². The van der Waals surface area contributed by atoms with Gasteiger partial charge in [-0.3, -0.25) is 4.79 Å². The Hall–Kier alpha value is -1.29. The fourth-order valence-electron chi connectivity index (χ4n) is 2.84. The zero-order valence-corrected chi connectivity index (χ0v) is 13.6. The van der Waals surface area contributed by atoms with Crippen LogP contribution in [0.25, 0.3) is 0 Å². The van der Waals surface area contributed by atoms with Crippen molar-refractivity contribution in [1.82, 2.24) is 9.88 Å². The molecule has 0 unspecified atom stereocenters. The second-order valence-corrected chi connectivity index (χ2v) is 6.60. The van der Waals surface area contributed by atoms with Gasteiger partial charge in [-0.1, -0.05) is 38.3 Å². The number of anilines is 1. The molecule has 116 valence electrons. The van der Waals surface area contributed by atoms with Crippen molar-refractivity contribution < 1.29 is 4.79 Å². The highest BCUT2D eigenvalue weighted by Crippen LogP contribution is 2.27. The highest BCUT2D eigenvalue weighted by atomic mass is 35.5. The van der Waals surface area contributed by atoms with Crippen molar-refractivity contribution in [3.05, 3.63) is 23.0 Å². The molecule has 1 aliphatic rings. The number of nitrogen functional groups attached to an aromatic ring is 1. The summed E-state index contributed by atoms with van der Waals surface area (Å²) in [4.78, 5) is 18.8. The second-order valence-electron chi connectivity index (χ2n) is 6.21. The summed E-state index contributed by atoms with van der Waals surface area (Å²) in [5.41, 5.74) is 6.79. The van der Waals surface area contributed by atoms with Crippen LogP contribution in [0.5, 0.6) is 0 Å². The van der Waals surface area contributed by atoms with Crippen molar-refractivity contribution in [1.29, 1.82) is 0 Å². The molecule has 1 aromatic heterocycles. The van der Waals surface area contributed by atoms with E-state index in [1.165, 1.54) is 19.0 Å². The summed E-state index contributed by atoms with van der Waals surface area (Å²) in [6.07, 6.45) is 7.03. The Kier molecular flexibility index (Phi) is 5.45. The van der Waals surface area contributed by atoms with Gasteiger partial charge in [-0.15, -0.1) is 0 Å². The Morgan fingerprint density at radius 3 is 2.76 bits per heavy atom. The summed E-state index contributed by atoms with van der Waals surface area (Å²) in [6, 6.07) is 1.92. The Morgan fingerprint density at radius 1 is 1.48 bits per heavy atom. The fourth-order valence-corrected chi connectivity index (χ4v) is 3.00. The van der Waals surface area contributed by atoms with Gasteiger partial charge in [0.25, 0.3) is 5.91 Å². The highest BCUT2D eigenvalue weighted by molar-refractivity contribution is 6.29. The molecule has 1 heterocycles. The smallest absolute Gasteiger partial charge is 0.256 e. The Labute approximate surface area is 131 Å². The van der Waals surface area contributed by atoms with Crippen LogP contribution in [0.1, 0.15) is 56.3 Å². The molecule has 4 nitrogen and oxygen atoms in total. The van der Waals surface area contributed by atoms with Gasteiger partial charge in [-0.25, -0.2) is 4.98 Å². The average Bonchev–Trinajstić information content (AvgIpc) is 2.95. The van der Waals surface area contributed by atoms with Crippen LogP contribution < -0.4 is 5.73 Å². The third-order valence-corrected chi connectivity index (χ3v) is 4.31. The van der Waals surface area contributed by atoms with E-state index in [1.54, 1.807) is 6.07 Å². The van der Waals surface area contributed by atoms with Crippen LogP contribution in [0.3, 0.4) is 0 Å². The molecule has 0 saturated heterocycles. The Bertz CT molecular complexity index is 498. The lowest BCUT2D eigenvalue weighted by molar-refractivity contribution is 0.0673. The van der Waals surface area contributed by atoms with Crippen molar-refractivity contribution >= 4 is 23.2 Å². The number of halogens is 1. The van der Waals surface area contributed by atoms with Gasteiger partial charge in [0.05, 0.1) is 17.4 Å². The summed E-state index contributed by atoms with van der Waals surface area (Å²) >= 11 is 5.92. The fraction of sp³-hybridized carbons (Fsp3) is 0.625. The lowest BCUT2D eigenvalue weighted by atomic mass is 10.1. The van der Waals surface area contributed by atoms with Gasteiger partial charge in [0, 0.05) is 12.6 Å². The topological polar surface area (TPSA) is 59.2 Å². The van der Waals surface area contributed by atoms with E-state index in [9.17, 15) is 4.79 Å². The van der Waals surface area contributed by atoms with E-state index < -0.39 is 0 Å². The molecule has 0 spiro atoms. The SMILES string of the molecule is CC(C)CCN(C(=O)c1cc(Cl)ncc1N)C1CCCC1. The van der Waals surface area contributed by atoms with Crippen LogP contribution in [0, 0.1) is 5.92 Å². The lowest BCUT2D eigenvalue weighted by Gasteiger charge is -2.30. The number of rotatable bonds is 5. The van der Waals surface area contributed by atoms with Gasteiger partial charge in [-0.2, -0.15) is 0 Å². The molecule has 1 fully saturated rings. The van der Waals surface area contributed by atoms with Gasteiger partial charge in [-0.05, 0) is 31.2 Å². The first-order chi connectivity index (χ1) is 9.99. The third kappa shape index (κ3) is 4.10. The average molecular weight is 310 g/mol. The molecule has 2 rings (SSSR count). The minimum absolute atomic E-state index is 0.00986. The molecule has 0 aliphatic heterocycles. The summed E-state index contributed by atoms with van der Waals surface area (Å²) in [5, 5.41) is 0.308. The van der Waals surface area contributed by atoms with E-state index in [0.717, 1.165) is 25.8 Å². The predicted octanol–water partition coefficient (Wildman–Crippen LogP) is 3.75. The number of carbonyl (C=O) groups excluding carboxylic acids is 1. The van der Waals surface area contributed by atoms with Gasteiger partial charge in [0.1, 0.15) is 5.15 Å². The minimum atomic E-state index is -0.00986. The largest absolute Gasteiger partial charge is 0.397 e. The number of hydrogen-bond donors (Lipinski definition) is 1. The molecule has 0 atom stereocenters. The third-order valence-electron chi connectivity index (χ3n) is 4.11. The van der Waals surface area contributed by atoms with Crippen LogP contribution in [0.2, 0.25) is 5.15 Å². The molecule has 5 heteroatoms. The van der Waals surface area contributed by atoms with Crippen LogP contribution in [-0.4, -0.2) is 28.4 Å². The molecule has 2 N–H and O–H groups in total. The number of pyridine rings is 1.